The van der Waals surface area contributed by atoms with Gasteiger partial charge in [0.1, 0.15) is 14.4 Å². The number of nitrogens with one attached hydrogen (secondary N) is 1. The predicted octanol–water partition coefficient (Wildman–Crippen LogP) is 1.01. The molecular formula is C15H14BClF3N3O3. The second kappa shape index (κ2) is 6.50. The van der Waals surface area contributed by atoms with Gasteiger partial charge in [0, 0.05) is 11.9 Å². The summed E-state index contributed by atoms with van der Waals surface area (Å²) < 4.78 is 38.9. The highest BCUT2D eigenvalue weighted by Gasteiger charge is 2.39. The molecule has 138 valence electrons. The van der Waals surface area contributed by atoms with E-state index in [9.17, 15) is 22.8 Å². The number of aromatic nitrogens is 2. The van der Waals surface area contributed by atoms with E-state index in [0.29, 0.717) is 26.9 Å². The SMILES string of the molecule is Bc1cc2c(c3c(Cl)n[nH]c13)CN(CC(F)(F)F)C(=O)[C@H](CC(=O)O)C2. The molecule has 1 aliphatic heterocycles. The first-order valence-corrected chi connectivity index (χ1v) is 8.17. The maximum Gasteiger partial charge on any atom is 0.406 e. The van der Waals surface area contributed by atoms with E-state index in [1.165, 1.54) is 0 Å². The summed E-state index contributed by atoms with van der Waals surface area (Å²) in [4.78, 5) is 24.3. The number of hydrogen-bond acceptors (Lipinski definition) is 3. The van der Waals surface area contributed by atoms with Gasteiger partial charge < -0.3 is 10.0 Å². The molecule has 11 heteroatoms. The zero-order valence-electron chi connectivity index (χ0n) is 13.7. The Morgan fingerprint density at radius 3 is 2.81 bits per heavy atom. The van der Waals surface area contributed by atoms with Gasteiger partial charge >= 0.3 is 12.1 Å². The highest BCUT2D eigenvalue weighted by Crippen LogP contribution is 2.33. The minimum Gasteiger partial charge on any atom is -0.481 e. The van der Waals surface area contributed by atoms with E-state index in [1.54, 1.807) is 13.9 Å². The highest BCUT2D eigenvalue weighted by atomic mass is 35.5. The van der Waals surface area contributed by atoms with Crippen LogP contribution in [0, 0.1) is 5.92 Å². The van der Waals surface area contributed by atoms with E-state index in [1.807, 2.05) is 0 Å². The summed E-state index contributed by atoms with van der Waals surface area (Å²) in [5.74, 6) is -3.14. The van der Waals surface area contributed by atoms with Crippen LogP contribution in [-0.4, -0.2) is 52.6 Å². The molecule has 2 N–H and O–H groups in total. The van der Waals surface area contributed by atoms with Crippen molar-refractivity contribution >= 4 is 47.7 Å². The number of amides is 1. The molecule has 0 radical (unpaired) electrons. The summed E-state index contributed by atoms with van der Waals surface area (Å²) in [5.41, 5.74) is 2.44. The molecule has 0 saturated carbocycles. The van der Waals surface area contributed by atoms with Crippen LogP contribution in [0.5, 0.6) is 0 Å². The molecule has 0 spiro atoms. The number of alkyl halides is 3. The second-order valence-electron chi connectivity index (χ2n) is 6.40. The molecule has 2 aromatic rings. The monoisotopic (exact) mass is 387 g/mol. The van der Waals surface area contributed by atoms with Gasteiger partial charge in [0.25, 0.3) is 0 Å². The van der Waals surface area contributed by atoms with Crippen LogP contribution >= 0.6 is 11.6 Å². The number of carboxylic acids is 1. The van der Waals surface area contributed by atoms with Crippen molar-refractivity contribution in [2.75, 3.05) is 6.54 Å². The number of rotatable bonds is 3. The number of nitrogens with zero attached hydrogens (tertiary/aromatic N) is 2. The predicted molar refractivity (Wildman–Crippen MR) is 90.2 cm³/mol. The summed E-state index contributed by atoms with van der Waals surface area (Å²) in [5, 5.41) is 16.3. The van der Waals surface area contributed by atoms with Crippen LogP contribution in [0.1, 0.15) is 17.5 Å². The summed E-state index contributed by atoms with van der Waals surface area (Å²) >= 11 is 6.11. The number of carbonyl (C=O) groups excluding carboxylic acids is 1. The summed E-state index contributed by atoms with van der Waals surface area (Å²) in [6.07, 6.45) is -5.10. The Bertz CT molecular complexity index is 900. The molecule has 6 nitrogen and oxygen atoms in total. The van der Waals surface area contributed by atoms with E-state index in [0.717, 1.165) is 5.46 Å². The Labute approximate surface area is 151 Å². The Morgan fingerprint density at radius 1 is 1.50 bits per heavy atom. The number of benzene rings is 1. The van der Waals surface area contributed by atoms with Gasteiger partial charge in [-0.3, -0.25) is 14.7 Å². The number of hydrogen-bond donors (Lipinski definition) is 2. The van der Waals surface area contributed by atoms with Crippen molar-refractivity contribution in [3.63, 3.8) is 0 Å². The maximum atomic E-state index is 13.0. The molecule has 0 aliphatic carbocycles. The van der Waals surface area contributed by atoms with E-state index >= 15 is 0 Å². The van der Waals surface area contributed by atoms with Gasteiger partial charge in [-0.25, -0.2) is 0 Å². The lowest BCUT2D eigenvalue weighted by Crippen LogP contribution is -2.41. The third kappa shape index (κ3) is 3.51. The number of carboxylic acid groups (broad SMARTS) is 1. The summed E-state index contributed by atoms with van der Waals surface area (Å²) in [6.45, 7) is -1.76. The van der Waals surface area contributed by atoms with Crippen molar-refractivity contribution in [2.24, 2.45) is 5.92 Å². The van der Waals surface area contributed by atoms with Crippen LogP contribution in [0.4, 0.5) is 13.2 Å². The Morgan fingerprint density at radius 2 is 2.19 bits per heavy atom. The molecule has 1 aromatic carbocycles. The lowest BCUT2D eigenvalue weighted by Gasteiger charge is -2.25. The fraction of sp³-hybridized carbons (Fsp3) is 0.400. The Hall–Kier alpha value is -2.23. The molecule has 0 saturated heterocycles. The number of aliphatic carboxylic acids is 1. The molecule has 1 aliphatic rings. The fourth-order valence-corrected chi connectivity index (χ4v) is 3.68. The van der Waals surface area contributed by atoms with Gasteiger partial charge in [-0.1, -0.05) is 23.1 Å². The van der Waals surface area contributed by atoms with Gasteiger partial charge in [0.2, 0.25) is 5.91 Å². The molecule has 2 heterocycles. The first-order chi connectivity index (χ1) is 12.1. The summed E-state index contributed by atoms with van der Waals surface area (Å²) in [6, 6.07) is 1.74. The van der Waals surface area contributed by atoms with Crippen molar-refractivity contribution in [2.45, 2.75) is 25.6 Å². The number of carbonyl (C=O) groups is 2. The minimum atomic E-state index is -4.60. The van der Waals surface area contributed by atoms with E-state index in [-0.39, 0.29) is 18.1 Å². The van der Waals surface area contributed by atoms with E-state index in [2.05, 4.69) is 10.2 Å². The third-order valence-corrected chi connectivity index (χ3v) is 4.74. The van der Waals surface area contributed by atoms with Crippen molar-refractivity contribution in [1.29, 1.82) is 0 Å². The lowest BCUT2D eigenvalue weighted by atomic mass is 9.86. The first kappa shape index (κ1) is 18.6. The molecular weight excluding hydrogens is 373 g/mol. The van der Waals surface area contributed by atoms with Crippen LogP contribution < -0.4 is 5.46 Å². The van der Waals surface area contributed by atoms with Crippen molar-refractivity contribution in [3.05, 3.63) is 22.3 Å². The van der Waals surface area contributed by atoms with E-state index < -0.39 is 36.9 Å². The van der Waals surface area contributed by atoms with Crippen molar-refractivity contribution < 1.29 is 27.9 Å². The average molecular weight is 388 g/mol. The fourth-order valence-electron chi connectivity index (χ4n) is 3.42. The van der Waals surface area contributed by atoms with Crippen molar-refractivity contribution in [3.8, 4) is 0 Å². The number of fused-ring (bicyclic) bond motifs is 3. The molecule has 26 heavy (non-hydrogen) atoms. The molecule has 3 rings (SSSR count). The van der Waals surface area contributed by atoms with Gasteiger partial charge in [0.15, 0.2) is 5.15 Å². The topological polar surface area (TPSA) is 86.3 Å². The van der Waals surface area contributed by atoms with Crippen LogP contribution in [-0.2, 0) is 22.6 Å². The standard InChI is InChI=1S/C15H14BClF3N3O3/c16-9-2-6-1-7(3-10(24)25)14(26)23(5-15(18,19)20)4-8(6)11-12(9)21-22-13(11)17/h2,7H,1,3-5,16H2,(H,21,22)(H,24,25)/t7-/m0/s1. The zero-order chi connectivity index (χ0) is 19.2. The van der Waals surface area contributed by atoms with E-state index in [4.69, 9.17) is 16.7 Å². The second-order valence-corrected chi connectivity index (χ2v) is 6.76. The molecule has 1 aromatic heterocycles. The highest BCUT2D eigenvalue weighted by molar-refractivity contribution is 6.41. The Kier molecular flexibility index (Phi) is 4.64. The molecule has 0 unspecified atom stereocenters. The number of halogens is 4. The van der Waals surface area contributed by atoms with Crippen LogP contribution in [0.3, 0.4) is 0 Å². The molecule has 0 fully saturated rings. The number of aromatic amines is 1. The normalized spacial score (nSPS) is 18.1. The van der Waals surface area contributed by atoms with Gasteiger partial charge in [-0.2, -0.15) is 18.3 Å². The third-order valence-electron chi connectivity index (χ3n) is 4.46. The minimum absolute atomic E-state index is 0.0348. The molecule has 1 amide bonds. The van der Waals surface area contributed by atoms with Crippen LogP contribution in [0.15, 0.2) is 6.07 Å². The van der Waals surface area contributed by atoms with Gasteiger partial charge in [-0.05, 0) is 17.5 Å². The molecule has 1 atom stereocenters. The zero-order valence-corrected chi connectivity index (χ0v) is 14.4. The summed E-state index contributed by atoms with van der Waals surface area (Å²) in [7, 11) is 1.78. The maximum absolute atomic E-state index is 13.0. The Balaban J connectivity index is 2.16. The van der Waals surface area contributed by atoms with Crippen molar-refractivity contribution in [1.82, 2.24) is 15.1 Å². The quantitative estimate of drug-likeness (QED) is 0.770. The largest absolute Gasteiger partial charge is 0.481 e. The van der Waals surface area contributed by atoms with Crippen LogP contribution in [0.2, 0.25) is 5.15 Å². The number of H-pyrrole nitrogens is 1. The van der Waals surface area contributed by atoms with Gasteiger partial charge in [-0.15, -0.1) is 0 Å². The smallest absolute Gasteiger partial charge is 0.406 e. The average Bonchev–Trinajstić information content (AvgIpc) is 2.84. The first-order valence-electron chi connectivity index (χ1n) is 7.79. The van der Waals surface area contributed by atoms with Gasteiger partial charge in [0.05, 0.1) is 17.9 Å². The van der Waals surface area contributed by atoms with Crippen LogP contribution in [0.25, 0.3) is 10.9 Å². The molecule has 0 bridgehead atoms. The lowest BCUT2D eigenvalue weighted by molar-refractivity contribution is -0.165.